The first-order valence-corrected chi connectivity index (χ1v) is 46.6. The average Bonchev–Trinajstić information content (AvgIpc) is 1.75. The third-order valence-electron chi connectivity index (χ3n) is 24.4. The molecule has 0 aromatic rings. The zero-order valence-electron chi connectivity index (χ0n) is 85.4. The lowest BCUT2D eigenvalue weighted by molar-refractivity contribution is -0.915. The Labute approximate surface area is 814 Å². The molecule has 0 radical (unpaired) electrons. The highest BCUT2D eigenvalue weighted by atomic mass is 19.1. The summed E-state index contributed by atoms with van der Waals surface area (Å²) in [5.74, 6) is -3.43. The number of ketones is 1. The lowest BCUT2D eigenvalue weighted by Crippen LogP contribution is -2.59. The van der Waals surface area contributed by atoms with Gasteiger partial charge in [-0.3, -0.25) is 42.8 Å². The Kier molecular flexibility index (Phi) is 57.3. The Bertz CT molecular complexity index is 3620. The van der Waals surface area contributed by atoms with Gasteiger partial charge in [-0.15, -0.1) is 6.42 Å². The van der Waals surface area contributed by atoms with Gasteiger partial charge >= 0.3 is 47.8 Å². The number of alkyl halides is 1. The van der Waals surface area contributed by atoms with Gasteiger partial charge in [0.15, 0.2) is 92.9 Å². The molecule has 7 fully saturated rings. The first-order valence-electron chi connectivity index (χ1n) is 46.6. The third kappa shape index (κ3) is 45.9. The zero-order chi connectivity index (χ0) is 106. The van der Waals surface area contributed by atoms with Crippen molar-refractivity contribution in [2.75, 3.05) is 229 Å². The van der Waals surface area contributed by atoms with Crippen molar-refractivity contribution in [2.45, 2.75) is 281 Å². The second-order valence-electron chi connectivity index (χ2n) is 38.4. The van der Waals surface area contributed by atoms with Crippen LogP contribution in [0.2, 0.25) is 0 Å². The summed E-state index contributed by atoms with van der Waals surface area (Å²) < 4.78 is 124. The minimum Gasteiger partial charge on any atom is -0.458 e. The molecule has 6 saturated heterocycles. The largest absolute Gasteiger partial charge is 0.458 e. The number of aliphatic hydroxyl groups is 13. The summed E-state index contributed by atoms with van der Waals surface area (Å²) in [6.07, 6.45) is -23.3. The van der Waals surface area contributed by atoms with Gasteiger partial charge in [0.25, 0.3) is 0 Å². The van der Waals surface area contributed by atoms with Crippen LogP contribution in [-0.4, -0.2) is 548 Å². The number of carbonyl (C=O) groups excluding carboxylic acids is 9. The first kappa shape index (κ1) is 129. The Morgan fingerprint density at radius 1 is 0.345 bits per heavy atom. The molecule has 29 atom stereocenters. The SMILES string of the molecule is C#CC[N+](C)(CF)CCO[C@H]1OC[C@@H](OC(C)=O)[C@H](OC(C)=O)[C@H]1OC(C)=O.CC[N+](C)(C)CCOC1O[C@H](O)[C@H](OC(C)=O)[C@H](OC(C)=O)[C@H]1CC(C)=O.CC[N+](C)(C)CCO[C@@H]1O[C@H](CO)[C@@H](O)[C@H](O)[C@H]1O.CC[N+](C)(C)CCO[C@@H]1O[C@H](CO)[C@@H](O)[C@H](O)[C@H]1O.CC[N+](C)(C)CCO[C@H]1OC[C@@H](OC(C)=O)[C@H](OC(C)=O)[C@H]1OC(C)=O.C[N+](C)(CCO[C@@H]1O[C@H](CO)[C@@H](O)[C@H](O)[C@H]1O)C1CC1. The monoisotopic (exact) mass is 2020 g/mol. The molecule has 1 aliphatic carbocycles. The van der Waals surface area contributed by atoms with Crippen LogP contribution in [-0.2, 0) is 138 Å². The number of terminal acetylenes is 1. The Morgan fingerprint density at radius 2 is 0.619 bits per heavy atom. The number of hydrogen-bond acceptors (Lipinski definition) is 42. The molecular weight excluding hydrogens is 1860 g/mol. The molecule has 0 spiro atoms. The number of Topliss-reactive ketones (excluding diaryl/α,β-unsaturated/α-hetero) is 1. The fraction of sp³-hybridized carbons (Fsp3) is 0.878. The standard InChI is InChI=1S/C18H27FNO8.C18H32NO8.C17H30NO8.C13H26NO6.2C12H26NO6/c1-6-7-20(5,11-19)8-9-24-18-17(28-14(4)23)16(27-13(3)22)15(10-25-18)26-12(2)21;1-7-19(5,6)8-9-24-18-14(10-11(2)20)15(25-12(3)21)16(17(23)27-18)26-13(4)22;1-7-18(5,6)8-9-22-17-16(26-13(4)21)15(25-12(3)20)14(10-23-17)24-11(2)19;1-14(2,8-3-4-8)5-6-19-13-12(18)11(17)10(16)9(7-15)20-13;2*1-4-13(2,3)5-6-18-12-11(17)10(16)9(15)8(7-14)19-12/h1,15-18H,7-11H2,2-5H3;14-18,23H,7-10H2,1-6H3;14-17H,7-10H2,1-6H3;8-13,15-18H,3-7H2,1-2H3;2*8-12,14-17H,4-7H2,1-3H3/q6*+1/t15-,16+,17-,18+,20?;14-,15-,16-,17+,18?;14-,15+,16-,17+;9-,10-,11+,12-,13-;2*8-,9-,10+,11-,12-/m111111/s1. The number of carbonyl (C=O) groups is 9. The van der Waals surface area contributed by atoms with Crippen molar-refractivity contribution in [2.24, 2.45) is 5.92 Å². The predicted molar refractivity (Wildman–Crippen MR) is 481 cm³/mol. The van der Waals surface area contributed by atoms with E-state index in [9.17, 15) is 98.6 Å². The number of hydrogen-bond donors (Lipinski definition) is 13. The highest BCUT2D eigenvalue weighted by Gasteiger charge is 2.54. The van der Waals surface area contributed by atoms with Gasteiger partial charge in [-0.1, -0.05) is 0 Å². The van der Waals surface area contributed by atoms with E-state index in [1.165, 1.54) is 75.2 Å². The summed E-state index contributed by atoms with van der Waals surface area (Å²) in [6, 6.07) is 0.674. The Hall–Kier alpha value is -6.32. The van der Waals surface area contributed by atoms with E-state index in [1.54, 1.807) is 7.05 Å². The van der Waals surface area contributed by atoms with E-state index < -0.39 is 246 Å². The number of likely N-dealkylation sites (N-methyl/N-ethyl adjacent to an activating group) is 6. The molecule has 13 N–H and O–H groups in total. The maximum Gasteiger partial charge on any atom is 0.303 e. The van der Waals surface area contributed by atoms with Crippen LogP contribution in [0, 0.1) is 18.3 Å². The number of quaternary nitrogens is 6. The van der Waals surface area contributed by atoms with E-state index >= 15 is 0 Å². The van der Waals surface area contributed by atoms with Gasteiger partial charge in [0.2, 0.25) is 6.80 Å². The molecule has 0 bridgehead atoms. The molecule has 49 heteroatoms. The van der Waals surface area contributed by atoms with Crippen molar-refractivity contribution >= 4 is 53.5 Å². The summed E-state index contributed by atoms with van der Waals surface area (Å²) in [5, 5.41) is 125. The van der Waals surface area contributed by atoms with Gasteiger partial charge in [-0.05, 0) is 40.5 Å². The van der Waals surface area contributed by atoms with Crippen LogP contribution in [0.25, 0.3) is 0 Å². The molecule has 1 saturated carbocycles. The van der Waals surface area contributed by atoms with E-state index in [4.69, 9.17) is 116 Å². The predicted octanol–water partition coefficient (Wildman–Crippen LogP) is -5.52. The van der Waals surface area contributed by atoms with Crippen molar-refractivity contribution in [3.63, 3.8) is 0 Å². The summed E-state index contributed by atoms with van der Waals surface area (Å²) >= 11 is 0. The van der Waals surface area contributed by atoms with Crippen molar-refractivity contribution in [1.29, 1.82) is 0 Å². The van der Waals surface area contributed by atoms with Crippen LogP contribution >= 0.6 is 0 Å². The minimum atomic E-state index is -1.54. The van der Waals surface area contributed by atoms with Crippen molar-refractivity contribution in [3.8, 4) is 12.3 Å². The molecule has 810 valence electrons. The molecular formula is C90H167FN6O42+6. The van der Waals surface area contributed by atoms with Crippen LogP contribution in [0.1, 0.15) is 109 Å². The Balaban J connectivity index is 0.000000568. The van der Waals surface area contributed by atoms with Crippen LogP contribution in [0.4, 0.5) is 4.39 Å². The molecule has 48 nitrogen and oxygen atoms in total. The quantitative estimate of drug-likeness (QED) is 0.00890. The molecule has 139 heavy (non-hydrogen) atoms. The van der Waals surface area contributed by atoms with Gasteiger partial charge < -0.3 is 188 Å². The molecule has 6 aliphatic heterocycles. The lowest BCUT2D eigenvalue weighted by atomic mass is 9.89. The summed E-state index contributed by atoms with van der Waals surface area (Å²) in [5.41, 5.74) is 0. The topological polar surface area (TPSA) is 601 Å². The summed E-state index contributed by atoms with van der Waals surface area (Å²) in [4.78, 5) is 103. The third-order valence-corrected chi connectivity index (χ3v) is 24.4. The van der Waals surface area contributed by atoms with E-state index in [-0.39, 0.29) is 49.6 Å². The number of ether oxygens (including phenoxy) is 20. The fourth-order valence-electron chi connectivity index (χ4n) is 14.0. The maximum atomic E-state index is 13.2. The second-order valence-corrected chi connectivity index (χ2v) is 38.4. The molecule has 7 aliphatic rings. The fourth-order valence-corrected chi connectivity index (χ4v) is 14.0. The molecule has 7 rings (SSSR count). The first-order chi connectivity index (χ1) is 64.6. The molecule has 6 heterocycles. The average molecular weight is 2020 g/mol. The number of halogens is 1. The molecule has 2 unspecified atom stereocenters. The number of aliphatic hydroxyl groups excluding tert-OH is 13. The van der Waals surface area contributed by atoms with Crippen LogP contribution in [0.3, 0.4) is 0 Å². The van der Waals surface area contributed by atoms with Gasteiger partial charge in [0.05, 0.1) is 188 Å². The normalized spacial score (nSPS) is 31.3. The minimum absolute atomic E-state index is 0.0148. The number of rotatable bonds is 44. The van der Waals surface area contributed by atoms with Gasteiger partial charge in [0.1, 0.15) is 125 Å². The van der Waals surface area contributed by atoms with Gasteiger partial charge in [-0.25, -0.2) is 0 Å². The highest BCUT2D eigenvalue weighted by molar-refractivity contribution is 5.76. The van der Waals surface area contributed by atoms with Crippen molar-refractivity contribution in [3.05, 3.63) is 0 Å². The van der Waals surface area contributed by atoms with Crippen LogP contribution < -0.4 is 0 Å². The zero-order valence-corrected chi connectivity index (χ0v) is 85.4. The highest BCUT2D eigenvalue weighted by Crippen LogP contribution is 2.36. The van der Waals surface area contributed by atoms with E-state index in [1.807, 2.05) is 14.1 Å². The summed E-state index contributed by atoms with van der Waals surface area (Å²) in [6.45, 7) is 26.6. The molecule has 0 amide bonds. The second kappa shape index (κ2) is 61.8. The van der Waals surface area contributed by atoms with Gasteiger partial charge in [-0.2, -0.15) is 4.39 Å². The van der Waals surface area contributed by atoms with E-state index in [0.29, 0.717) is 45.6 Å². The van der Waals surface area contributed by atoms with E-state index in [0.717, 1.165) is 74.8 Å². The number of nitrogens with zero attached hydrogens (tertiary/aromatic N) is 6. The lowest BCUT2D eigenvalue weighted by Gasteiger charge is -2.43. The van der Waals surface area contributed by atoms with E-state index in [2.05, 4.69) is 90.0 Å². The van der Waals surface area contributed by atoms with Crippen molar-refractivity contribution < 1.29 is 236 Å². The smallest absolute Gasteiger partial charge is 0.303 e. The van der Waals surface area contributed by atoms with Crippen LogP contribution in [0.15, 0.2) is 0 Å². The number of esters is 8. The summed E-state index contributed by atoms with van der Waals surface area (Å²) in [7, 11) is 22.3. The molecule has 0 aromatic carbocycles. The Morgan fingerprint density at radius 3 is 0.892 bits per heavy atom. The van der Waals surface area contributed by atoms with Crippen LogP contribution in [0.5, 0.6) is 0 Å². The van der Waals surface area contributed by atoms with Gasteiger partial charge in [0, 0.05) is 74.7 Å². The maximum absolute atomic E-state index is 13.2. The molecule has 0 aromatic heterocycles. The van der Waals surface area contributed by atoms with Crippen molar-refractivity contribution in [1.82, 2.24) is 0 Å².